The zero-order valence-corrected chi connectivity index (χ0v) is 71.5. The highest BCUT2D eigenvalue weighted by atomic mass is 32.2. The van der Waals surface area contributed by atoms with Crippen LogP contribution in [0.2, 0.25) is 0 Å². The third kappa shape index (κ3) is 16.7. The monoisotopic (exact) mass is 1530 g/mol. The van der Waals surface area contributed by atoms with Gasteiger partial charge in [0.1, 0.15) is 0 Å². The number of halogens is 1. The van der Waals surface area contributed by atoms with Crippen molar-refractivity contribution in [3.63, 3.8) is 0 Å². The number of hydrogen-bond acceptors (Lipinski definition) is 10. The predicted octanol–water partition coefficient (Wildman–Crippen LogP) is 24.4. The van der Waals surface area contributed by atoms with Gasteiger partial charge in [-0.2, -0.15) is 19.7 Å². The van der Waals surface area contributed by atoms with Crippen LogP contribution in [0, 0.1) is 155 Å². The Morgan fingerprint density at radius 3 is 0.901 bits per heavy atom. The van der Waals surface area contributed by atoms with Gasteiger partial charge >= 0.3 is 0 Å². The molecule has 9 fully saturated rings. The van der Waals surface area contributed by atoms with Crippen molar-refractivity contribution in [3.05, 3.63) is 141 Å². The Bertz CT molecular complexity index is 3550. The Balaban J connectivity index is 0.000000152. The van der Waals surface area contributed by atoms with Crippen molar-refractivity contribution in [3.8, 4) is 18.2 Å². The van der Waals surface area contributed by atoms with Crippen molar-refractivity contribution < 1.29 is 34.5 Å². The zero-order valence-electron chi connectivity index (χ0n) is 70.7. The van der Waals surface area contributed by atoms with E-state index in [2.05, 4.69) is 120 Å². The SMILES string of the molecule is CC[C@]1(O)CC[C@@]2(C)C(=CC[C@H]3[C@@H]4CC[C@H]([C@H](C)CCC(O)c5cccc(C#N)c5)[C@@]4(C)CC[C@@H]32)C1.CC[C@]1(O)CC[C@@]2(C)C(=CC[C@H]3[C@@H]4CC[C@H]([C@H](C)CC[C@@H](O)c5cccc(C#N)c5)[C@@]4(C)CC[C@@H]32)C1.CC[C@]1(O)CC[C@@]2(C)C(=CC[C@H]3[C@@H]4CC[C@H]([C@H](C)CC[C@H](O)c5cccc(C#N)c5)[C@@]4(C)CC[C@@H]32)C1.CSF. The Labute approximate surface area is 675 Å². The first-order chi connectivity index (χ1) is 52.8. The van der Waals surface area contributed by atoms with Gasteiger partial charge in [-0.3, -0.25) is 0 Å². The van der Waals surface area contributed by atoms with Crippen LogP contribution in [0.1, 0.15) is 347 Å². The molecule has 0 amide bonds. The van der Waals surface area contributed by atoms with Crippen LogP contribution in [0.4, 0.5) is 3.89 Å². The van der Waals surface area contributed by atoms with Crippen molar-refractivity contribution in [2.45, 2.75) is 330 Å². The number of aliphatic hydroxyl groups is 6. The van der Waals surface area contributed by atoms with Crippen LogP contribution >= 0.6 is 12.1 Å². The summed E-state index contributed by atoms with van der Waals surface area (Å²) in [5.41, 5.74) is 9.86. The van der Waals surface area contributed by atoms with Gasteiger partial charge in [-0.05, 0) is 386 Å². The highest BCUT2D eigenvalue weighted by Crippen LogP contribution is 2.72. The number of nitriles is 3. The van der Waals surface area contributed by atoms with E-state index in [0.29, 0.717) is 50.7 Å². The maximum absolute atomic E-state index is 11.0. The summed E-state index contributed by atoms with van der Waals surface area (Å²) in [5.74, 6) is 11.1. The molecule has 9 nitrogen and oxygen atoms in total. The third-order valence-corrected chi connectivity index (χ3v) is 35.9. The second-order valence-electron chi connectivity index (χ2n) is 40.8. The molecule has 27 atom stereocenters. The lowest BCUT2D eigenvalue weighted by molar-refractivity contribution is -0.0757. The van der Waals surface area contributed by atoms with Crippen molar-refractivity contribution in [2.75, 3.05) is 6.26 Å². The van der Waals surface area contributed by atoms with Gasteiger partial charge in [0.2, 0.25) is 0 Å². The Morgan fingerprint density at radius 2 is 0.658 bits per heavy atom. The second-order valence-corrected chi connectivity index (χ2v) is 41.1. The zero-order chi connectivity index (χ0) is 79.9. The summed E-state index contributed by atoms with van der Waals surface area (Å²) in [6.07, 6.45) is 44.3. The molecule has 0 aliphatic heterocycles. The van der Waals surface area contributed by atoms with E-state index in [4.69, 9.17) is 0 Å². The molecule has 12 aliphatic carbocycles. The summed E-state index contributed by atoms with van der Waals surface area (Å²) in [7, 11) is 0. The standard InChI is InChI=1S/3C33H47NO2.CH3FS/c3*1-5-33(36)18-17-31(3)25(20-33)10-11-26-28-13-12-27(32(28,4)16-15-29(26)31)22(2)9-14-30(35)24-8-6-7-23(19-24)21-34;1-3-2/h3*6-8,10,19,22,26-30,35-36H,5,9,11-18,20H2,1-4H3;1H3/t22-,26+,27-,28+,29+,30?,31+,32-,33+;22-,26+,27-,28+,29+,30+,31+,32-,33+;22-,26+,27-,28+,29+,30-,31+,32-,33+;/m111./s1. The average molecular weight is 1540 g/mol. The van der Waals surface area contributed by atoms with Crippen LogP contribution in [-0.2, 0) is 0 Å². The predicted molar refractivity (Wildman–Crippen MR) is 449 cm³/mol. The Morgan fingerprint density at radius 1 is 0.396 bits per heavy atom. The first-order valence-electron chi connectivity index (χ1n) is 44.8. The van der Waals surface area contributed by atoms with Crippen LogP contribution in [0.25, 0.3) is 0 Å². The minimum absolute atomic E-state index is 0.250. The first-order valence-corrected chi connectivity index (χ1v) is 45.9. The Kier molecular flexibility index (Phi) is 26.7. The second kappa shape index (κ2) is 34.5. The fourth-order valence-corrected chi connectivity index (χ4v) is 28.8. The number of benzene rings is 3. The molecular weight excluding hydrogens is 1390 g/mol. The fraction of sp³-hybridized carbons (Fsp3) is 0.730. The summed E-state index contributed by atoms with van der Waals surface area (Å²) in [5, 5.41) is 93.2. The van der Waals surface area contributed by atoms with Crippen LogP contribution in [0.5, 0.6) is 0 Å². The largest absolute Gasteiger partial charge is 0.390 e. The molecule has 608 valence electrons. The number of rotatable bonds is 18. The molecule has 6 N–H and O–H groups in total. The molecule has 11 heteroatoms. The van der Waals surface area contributed by atoms with Gasteiger partial charge in [0, 0.05) is 18.4 Å². The van der Waals surface area contributed by atoms with Crippen molar-refractivity contribution in [1.82, 2.24) is 0 Å². The summed E-state index contributed by atoms with van der Waals surface area (Å²) in [6.45, 7) is 29.1. The molecule has 0 spiro atoms. The smallest absolute Gasteiger partial charge is 0.0991 e. The quantitative estimate of drug-likeness (QED) is 0.0668. The molecule has 0 heterocycles. The maximum Gasteiger partial charge on any atom is 0.0991 e. The van der Waals surface area contributed by atoms with E-state index >= 15 is 0 Å². The summed E-state index contributed by atoms with van der Waals surface area (Å²) >= 11 is 0.250. The van der Waals surface area contributed by atoms with E-state index in [1.807, 2.05) is 54.6 Å². The molecule has 1 unspecified atom stereocenters. The number of aliphatic hydroxyl groups excluding tert-OH is 3. The summed E-state index contributed by atoms with van der Waals surface area (Å²) < 4.78 is 10.2. The van der Waals surface area contributed by atoms with E-state index in [0.717, 1.165) is 203 Å². The molecule has 9 saturated carbocycles. The minimum Gasteiger partial charge on any atom is -0.390 e. The van der Waals surface area contributed by atoms with E-state index in [1.54, 1.807) is 34.9 Å². The molecule has 111 heavy (non-hydrogen) atoms. The molecule has 3 aromatic rings. The lowest BCUT2D eigenvalue weighted by Crippen LogP contribution is -2.52. The number of allylic oxidation sites excluding steroid dienone is 3. The van der Waals surface area contributed by atoms with Gasteiger partial charge in [-0.1, -0.05) is 154 Å². The van der Waals surface area contributed by atoms with Gasteiger partial charge in [-0.15, -0.1) is 0 Å². The van der Waals surface area contributed by atoms with Crippen LogP contribution in [0.15, 0.2) is 108 Å². The first kappa shape index (κ1) is 85.8. The van der Waals surface area contributed by atoms with Gasteiger partial charge in [0.05, 0.1) is 70.0 Å². The van der Waals surface area contributed by atoms with E-state index < -0.39 is 35.1 Å². The van der Waals surface area contributed by atoms with E-state index in [-0.39, 0.29) is 28.4 Å². The minimum atomic E-state index is -0.489. The highest BCUT2D eigenvalue weighted by molar-refractivity contribution is 7.93. The Hall–Kier alpha value is -4.61. The number of nitrogens with zero attached hydrogens (tertiary/aromatic N) is 3. The van der Waals surface area contributed by atoms with Crippen LogP contribution in [0.3, 0.4) is 0 Å². The van der Waals surface area contributed by atoms with Crippen LogP contribution in [-0.4, -0.2) is 53.7 Å². The number of fused-ring (bicyclic) bond motifs is 15. The fourth-order valence-electron chi connectivity index (χ4n) is 28.8. The lowest BCUT2D eigenvalue weighted by atomic mass is 9.46. The van der Waals surface area contributed by atoms with Crippen molar-refractivity contribution >= 4 is 12.1 Å². The molecule has 0 bridgehead atoms. The maximum atomic E-state index is 11.0. The molecule has 0 saturated heterocycles. The van der Waals surface area contributed by atoms with E-state index in [1.165, 1.54) is 103 Å². The molecular formula is C100H144FN3O6S. The third-order valence-electron chi connectivity index (χ3n) is 35.9. The van der Waals surface area contributed by atoms with Crippen LogP contribution < -0.4 is 0 Å². The normalized spacial score (nSPS) is 40.4. The topological polar surface area (TPSA) is 193 Å². The van der Waals surface area contributed by atoms with Crippen molar-refractivity contribution in [1.29, 1.82) is 15.8 Å². The molecule has 15 rings (SSSR count). The molecule has 3 aromatic carbocycles. The van der Waals surface area contributed by atoms with Gasteiger partial charge < -0.3 is 30.6 Å². The molecule has 12 aliphatic rings. The summed E-state index contributed by atoms with van der Waals surface area (Å²) in [6, 6.07) is 28.9. The lowest BCUT2D eigenvalue weighted by Gasteiger charge is -2.59. The average Bonchev–Trinajstić information content (AvgIpc) is 1.70. The highest BCUT2D eigenvalue weighted by Gasteiger charge is 2.64. The van der Waals surface area contributed by atoms with Gasteiger partial charge in [-0.25, -0.2) is 0 Å². The van der Waals surface area contributed by atoms with Gasteiger partial charge in [0.15, 0.2) is 0 Å². The summed E-state index contributed by atoms with van der Waals surface area (Å²) in [4.78, 5) is 0. The van der Waals surface area contributed by atoms with Crippen molar-refractivity contribution in [2.24, 2.45) is 121 Å². The van der Waals surface area contributed by atoms with Gasteiger partial charge in [0.25, 0.3) is 0 Å². The molecule has 0 aromatic heterocycles. The molecule has 0 radical (unpaired) electrons. The van der Waals surface area contributed by atoms with E-state index in [9.17, 15) is 50.3 Å². The number of hydrogen-bond donors (Lipinski definition) is 6.